The minimum absolute atomic E-state index is 0.00576. The second kappa shape index (κ2) is 9.28. The van der Waals surface area contributed by atoms with Crippen LogP contribution < -0.4 is 10.5 Å². The average Bonchev–Trinajstić information content (AvgIpc) is 2.72. The Morgan fingerprint density at radius 3 is 2.39 bits per heavy atom. The van der Waals surface area contributed by atoms with Crippen LogP contribution in [0, 0.1) is 5.82 Å². The van der Waals surface area contributed by atoms with Gasteiger partial charge in [0, 0.05) is 25.8 Å². The van der Waals surface area contributed by atoms with E-state index in [9.17, 15) is 22.8 Å². The lowest BCUT2D eigenvalue weighted by atomic mass is 9.84. The summed E-state index contributed by atoms with van der Waals surface area (Å²) in [6.45, 7) is -0.815. The highest BCUT2D eigenvalue weighted by Crippen LogP contribution is 2.40. The molecule has 2 aromatic rings. The Labute approximate surface area is 177 Å². The first-order chi connectivity index (χ1) is 14.7. The average molecular weight is 436 g/mol. The van der Waals surface area contributed by atoms with E-state index in [1.165, 1.54) is 41.3 Å². The zero-order chi connectivity index (χ0) is 22.6. The Balaban J connectivity index is 1.78. The third-order valence-electron chi connectivity index (χ3n) is 5.47. The van der Waals surface area contributed by atoms with Gasteiger partial charge in [0.1, 0.15) is 17.2 Å². The first-order valence-electron chi connectivity index (χ1n) is 9.79. The van der Waals surface area contributed by atoms with Crippen molar-refractivity contribution in [2.45, 2.75) is 44.4 Å². The summed E-state index contributed by atoms with van der Waals surface area (Å²) in [5.41, 5.74) is 5.50. The predicted octanol–water partition coefficient (Wildman–Crippen LogP) is 4.49. The highest BCUT2D eigenvalue weighted by atomic mass is 19.3. The molecule has 1 aliphatic heterocycles. The fraction of sp³-hybridized carbons (Fsp3) is 0.364. The van der Waals surface area contributed by atoms with Gasteiger partial charge in [0.15, 0.2) is 0 Å². The van der Waals surface area contributed by atoms with Crippen LogP contribution in [0.3, 0.4) is 0 Å². The summed E-state index contributed by atoms with van der Waals surface area (Å²) in [6.07, 6.45) is -0.0393. The van der Waals surface area contributed by atoms with Crippen LogP contribution in [0.2, 0.25) is 0 Å². The summed E-state index contributed by atoms with van der Waals surface area (Å²) < 4.78 is 48.2. The van der Waals surface area contributed by atoms with Gasteiger partial charge in [0.2, 0.25) is 5.91 Å². The molecule has 0 spiro atoms. The van der Waals surface area contributed by atoms with Gasteiger partial charge in [-0.1, -0.05) is 24.3 Å². The number of primary amides is 1. The zero-order valence-corrected chi connectivity index (χ0v) is 16.9. The number of amides is 2. The summed E-state index contributed by atoms with van der Waals surface area (Å²) in [4.78, 5) is 25.8. The van der Waals surface area contributed by atoms with Gasteiger partial charge in [0.05, 0.1) is 6.04 Å². The van der Waals surface area contributed by atoms with Crippen LogP contribution in [0.5, 0.6) is 5.75 Å². The number of cyclic esters (lactones) is 1. The van der Waals surface area contributed by atoms with Crippen LogP contribution in [-0.4, -0.2) is 30.1 Å². The molecule has 0 aromatic heterocycles. The largest absolute Gasteiger partial charge is 0.438 e. The summed E-state index contributed by atoms with van der Waals surface area (Å²) in [6, 6.07) is 11.2. The lowest BCUT2D eigenvalue weighted by molar-refractivity contribution is -0.121. The van der Waals surface area contributed by atoms with Crippen molar-refractivity contribution in [3.05, 3.63) is 65.5 Å². The zero-order valence-electron chi connectivity index (χ0n) is 16.9. The third kappa shape index (κ3) is 5.28. The molecule has 0 bridgehead atoms. The summed E-state index contributed by atoms with van der Waals surface area (Å²) in [5.74, 6) is -0.932. The van der Waals surface area contributed by atoms with Gasteiger partial charge in [-0.25, -0.2) is 9.18 Å². The molecule has 0 aliphatic carbocycles. The standard InChI is InChI=1S/C22H23F3N2O4/c1-14(15-2-8-18(9-3-15)30-20(24)25)27-13-12-22(31-21(27)29,11-10-19(26)28)16-4-6-17(23)7-5-16/h2-9,14,20H,10-13H2,1H3,(H2,26,28)/t14-,22+/m0/s1. The van der Waals surface area contributed by atoms with Gasteiger partial charge < -0.3 is 20.1 Å². The van der Waals surface area contributed by atoms with Crippen molar-refractivity contribution >= 4 is 12.0 Å². The van der Waals surface area contributed by atoms with Gasteiger partial charge >= 0.3 is 12.7 Å². The second-order valence-corrected chi connectivity index (χ2v) is 7.40. The number of nitrogens with two attached hydrogens (primary N) is 1. The molecule has 6 nitrogen and oxygen atoms in total. The van der Waals surface area contributed by atoms with E-state index in [2.05, 4.69) is 4.74 Å². The number of nitrogens with zero attached hydrogens (tertiary/aromatic N) is 1. The van der Waals surface area contributed by atoms with Crippen LogP contribution >= 0.6 is 0 Å². The maximum atomic E-state index is 13.4. The van der Waals surface area contributed by atoms with Crippen LogP contribution in [0.15, 0.2) is 48.5 Å². The van der Waals surface area contributed by atoms with Gasteiger partial charge in [-0.2, -0.15) is 8.78 Å². The lowest BCUT2D eigenvalue weighted by Gasteiger charge is -2.43. The number of halogens is 3. The highest BCUT2D eigenvalue weighted by molar-refractivity contribution is 5.74. The van der Waals surface area contributed by atoms with E-state index in [-0.39, 0.29) is 18.6 Å². The van der Waals surface area contributed by atoms with Gasteiger partial charge in [0.25, 0.3) is 0 Å². The van der Waals surface area contributed by atoms with Crippen LogP contribution in [0.1, 0.15) is 43.4 Å². The van der Waals surface area contributed by atoms with E-state index in [1.807, 2.05) is 0 Å². The molecule has 2 N–H and O–H groups in total. The van der Waals surface area contributed by atoms with E-state index in [4.69, 9.17) is 10.5 Å². The predicted molar refractivity (Wildman–Crippen MR) is 106 cm³/mol. The molecule has 166 valence electrons. The Bertz CT molecular complexity index is 921. The maximum absolute atomic E-state index is 13.4. The summed E-state index contributed by atoms with van der Waals surface area (Å²) >= 11 is 0. The Hall–Kier alpha value is -3.23. The number of ether oxygens (including phenoxy) is 2. The molecule has 0 saturated carbocycles. The molecule has 2 aromatic carbocycles. The van der Waals surface area contributed by atoms with Crippen molar-refractivity contribution in [3.8, 4) is 5.75 Å². The third-order valence-corrected chi connectivity index (χ3v) is 5.47. The van der Waals surface area contributed by atoms with Crippen molar-refractivity contribution in [1.29, 1.82) is 0 Å². The van der Waals surface area contributed by atoms with Crippen LogP contribution in [0.25, 0.3) is 0 Å². The van der Waals surface area contributed by atoms with Gasteiger partial charge in [-0.3, -0.25) is 4.79 Å². The molecule has 1 saturated heterocycles. The monoisotopic (exact) mass is 436 g/mol. The van der Waals surface area contributed by atoms with Crippen molar-refractivity contribution in [1.82, 2.24) is 4.90 Å². The first-order valence-corrected chi connectivity index (χ1v) is 9.79. The van der Waals surface area contributed by atoms with E-state index in [1.54, 1.807) is 19.1 Å². The van der Waals surface area contributed by atoms with E-state index in [0.717, 1.165) is 0 Å². The molecule has 31 heavy (non-hydrogen) atoms. The maximum Gasteiger partial charge on any atom is 0.411 e. The Morgan fingerprint density at radius 1 is 1.19 bits per heavy atom. The molecule has 0 radical (unpaired) electrons. The second-order valence-electron chi connectivity index (χ2n) is 7.40. The normalized spacial score (nSPS) is 19.8. The first kappa shape index (κ1) is 22.5. The molecular weight excluding hydrogens is 413 g/mol. The van der Waals surface area contributed by atoms with Gasteiger partial charge in [-0.05, 0) is 42.3 Å². The number of alkyl halides is 2. The minimum Gasteiger partial charge on any atom is -0.438 e. The molecule has 2 amide bonds. The fourth-order valence-corrected chi connectivity index (χ4v) is 3.73. The number of hydrogen-bond acceptors (Lipinski definition) is 4. The van der Waals surface area contributed by atoms with Crippen molar-refractivity contribution in [2.75, 3.05) is 6.54 Å². The summed E-state index contributed by atoms with van der Waals surface area (Å²) in [5, 5.41) is 0. The molecule has 1 fully saturated rings. The summed E-state index contributed by atoms with van der Waals surface area (Å²) in [7, 11) is 0. The Kier molecular flexibility index (Phi) is 6.72. The number of hydrogen-bond donors (Lipinski definition) is 1. The van der Waals surface area contributed by atoms with E-state index in [0.29, 0.717) is 24.1 Å². The van der Waals surface area contributed by atoms with E-state index >= 15 is 0 Å². The fourth-order valence-electron chi connectivity index (χ4n) is 3.73. The smallest absolute Gasteiger partial charge is 0.411 e. The van der Waals surface area contributed by atoms with Gasteiger partial charge in [-0.15, -0.1) is 0 Å². The van der Waals surface area contributed by atoms with Crippen molar-refractivity contribution < 1.29 is 32.2 Å². The van der Waals surface area contributed by atoms with Crippen LogP contribution in [-0.2, 0) is 15.1 Å². The molecule has 9 heteroatoms. The molecule has 1 heterocycles. The quantitative estimate of drug-likeness (QED) is 0.661. The minimum atomic E-state index is -2.92. The lowest BCUT2D eigenvalue weighted by Crippen LogP contribution is -2.49. The molecule has 1 aliphatic rings. The number of rotatable bonds is 8. The molecule has 3 rings (SSSR count). The molecule has 2 atom stereocenters. The van der Waals surface area contributed by atoms with Crippen LogP contribution in [0.4, 0.5) is 18.0 Å². The Morgan fingerprint density at radius 2 is 1.84 bits per heavy atom. The number of benzene rings is 2. The SMILES string of the molecule is C[C@@H](c1ccc(OC(F)F)cc1)N1CC[C@](CCC(N)=O)(c2ccc(F)cc2)OC1=O. The van der Waals surface area contributed by atoms with E-state index < -0.39 is 36.1 Å². The number of carbonyl (C=O) groups excluding carboxylic acids is 2. The van der Waals surface area contributed by atoms with Crippen molar-refractivity contribution in [2.24, 2.45) is 5.73 Å². The van der Waals surface area contributed by atoms with Crippen molar-refractivity contribution in [3.63, 3.8) is 0 Å². The highest BCUT2D eigenvalue weighted by Gasteiger charge is 2.43. The number of carbonyl (C=O) groups is 2. The topological polar surface area (TPSA) is 81.9 Å². The molecular formula is C22H23F3N2O4. The molecule has 0 unspecified atom stereocenters.